The number of carbonyl (C=O) groups is 1. The Hall–Kier alpha value is -2.01. The Labute approximate surface area is 143 Å². The molecule has 0 radical (unpaired) electrons. The van der Waals surface area contributed by atoms with Crippen molar-refractivity contribution in [2.75, 3.05) is 13.1 Å². The molecular weight excluding hydrogens is 300 g/mol. The van der Waals surface area contributed by atoms with Crippen LogP contribution in [0.1, 0.15) is 44.0 Å². The van der Waals surface area contributed by atoms with E-state index >= 15 is 0 Å². The molecule has 0 unspecified atom stereocenters. The number of likely N-dealkylation sites (tertiary alicyclic amines) is 1. The summed E-state index contributed by atoms with van der Waals surface area (Å²) >= 11 is 0. The van der Waals surface area contributed by atoms with Gasteiger partial charge in [-0.25, -0.2) is 9.97 Å². The molecule has 5 heteroatoms. The van der Waals surface area contributed by atoms with Crippen molar-refractivity contribution in [1.29, 1.82) is 0 Å². The van der Waals surface area contributed by atoms with Gasteiger partial charge in [-0.2, -0.15) is 0 Å². The lowest BCUT2D eigenvalue weighted by Gasteiger charge is -2.35. The van der Waals surface area contributed by atoms with E-state index in [1.807, 2.05) is 31.2 Å². The monoisotopic (exact) mass is 326 g/mol. The van der Waals surface area contributed by atoms with E-state index in [1.165, 1.54) is 19.3 Å². The molecule has 2 heterocycles. The lowest BCUT2D eigenvalue weighted by Crippen LogP contribution is -2.41. The first-order valence-electron chi connectivity index (χ1n) is 8.84. The summed E-state index contributed by atoms with van der Waals surface area (Å²) in [7, 11) is 0. The predicted octanol–water partition coefficient (Wildman–Crippen LogP) is 2.82. The summed E-state index contributed by atoms with van der Waals surface area (Å²) in [6.45, 7) is 6.31. The molecule has 1 aliphatic heterocycles. The largest absolute Gasteiger partial charge is 0.356 e. The first-order chi connectivity index (χ1) is 11.6. The number of benzene rings is 1. The Balaban J connectivity index is 1.72. The maximum absolute atomic E-state index is 11.1. The molecule has 0 saturated carbocycles. The molecular formula is C19H26N4O. The van der Waals surface area contributed by atoms with E-state index in [0.29, 0.717) is 6.04 Å². The molecule has 1 saturated heterocycles. The van der Waals surface area contributed by atoms with Crippen LogP contribution in [-0.2, 0) is 11.3 Å². The van der Waals surface area contributed by atoms with Gasteiger partial charge < -0.3 is 5.32 Å². The van der Waals surface area contributed by atoms with Gasteiger partial charge in [-0.3, -0.25) is 9.69 Å². The maximum Gasteiger partial charge on any atom is 0.216 e. The van der Waals surface area contributed by atoms with Crippen LogP contribution in [-0.4, -0.2) is 39.9 Å². The van der Waals surface area contributed by atoms with Crippen LogP contribution in [0, 0.1) is 6.92 Å². The molecule has 1 aliphatic rings. The van der Waals surface area contributed by atoms with E-state index in [-0.39, 0.29) is 5.91 Å². The molecule has 5 nitrogen and oxygen atoms in total. The molecule has 1 aromatic heterocycles. The molecule has 24 heavy (non-hydrogen) atoms. The normalized spacial score (nSPS) is 18.7. The van der Waals surface area contributed by atoms with E-state index in [4.69, 9.17) is 9.97 Å². The lowest BCUT2D eigenvalue weighted by atomic mass is 9.99. The van der Waals surface area contributed by atoms with Crippen molar-refractivity contribution in [3.63, 3.8) is 0 Å². The quantitative estimate of drug-likeness (QED) is 0.918. The minimum Gasteiger partial charge on any atom is -0.356 e. The molecule has 0 bridgehead atoms. The number of nitrogens with one attached hydrogen (secondary N) is 1. The fourth-order valence-corrected chi connectivity index (χ4v) is 3.48. The standard InChI is InChI=1S/C19H26N4O/c1-14-19(22-18-9-4-3-8-17(18)21-14)13-23-12-6-5-7-16(23)10-11-20-15(2)24/h3-4,8-9,16H,5-7,10-13H2,1-2H3,(H,20,24)/t16-/m1/s1. The number of rotatable bonds is 5. The lowest BCUT2D eigenvalue weighted by molar-refractivity contribution is -0.119. The SMILES string of the molecule is CC(=O)NCC[C@H]1CCCCN1Cc1nc2ccccc2nc1C. The van der Waals surface area contributed by atoms with Gasteiger partial charge in [0.1, 0.15) is 0 Å². The highest BCUT2D eigenvalue weighted by molar-refractivity contribution is 5.74. The zero-order chi connectivity index (χ0) is 16.9. The Morgan fingerprint density at radius 1 is 1.25 bits per heavy atom. The van der Waals surface area contributed by atoms with E-state index in [9.17, 15) is 4.79 Å². The van der Waals surface area contributed by atoms with Crippen molar-refractivity contribution >= 4 is 16.9 Å². The fraction of sp³-hybridized carbons (Fsp3) is 0.526. The first kappa shape index (κ1) is 16.8. The van der Waals surface area contributed by atoms with Gasteiger partial charge in [0.2, 0.25) is 5.91 Å². The summed E-state index contributed by atoms with van der Waals surface area (Å²) in [4.78, 5) is 23.1. The average Bonchev–Trinajstić information content (AvgIpc) is 2.57. The number of para-hydroxylation sites is 2. The minimum atomic E-state index is 0.0496. The number of hydrogen-bond donors (Lipinski definition) is 1. The summed E-state index contributed by atoms with van der Waals surface area (Å²) in [5, 5.41) is 2.92. The van der Waals surface area contributed by atoms with Gasteiger partial charge in [-0.05, 0) is 44.9 Å². The van der Waals surface area contributed by atoms with Crippen molar-refractivity contribution in [3.8, 4) is 0 Å². The summed E-state index contributed by atoms with van der Waals surface area (Å²) in [6.07, 6.45) is 4.69. The molecule has 1 N–H and O–H groups in total. The van der Waals surface area contributed by atoms with Gasteiger partial charge in [0, 0.05) is 26.1 Å². The van der Waals surface area contributed by atoms with Gasteiger partial charge in [-0.15, -0.1) is 0 Å². The Morgan fingerprint density at radius 3 is 2.75 bits per heavy atom. The Bertz CT molecular complexity index is 716. The third-order valence-electron chi connectivity index (χ3n) is 4.80. The zero-order valence-corrected chi connectivity index (χ0v) is 14.6. The summed E-state index contributed by atoms with van der Waals surface area (Å²) in [5.41, 5.74) is 4.00. The third kappa shape index (κ3) is 4.09. The Kier molecular flexibility index (Phi) is 5.41. The van der Waals surface area contributed by atoms with Crippen molar-refractivity contribution in [1.82, 2.24) is 20.2 Å². The number of carbonyl (C=O) groups excluding carboxylic acids is 1. The van der Waals surface area contributed by atoms with Crippen LogP contribution in [0.3, 0.4) is 0 Å². The smallest absolute Gasteiger partial charge is 0.216 e. The second kappa shape index (κ2) is 7.71. The predicted molar refractivity (Wildman–Crippen MR) is 95.6 cm³/mol. The highest BCUT2D eigenvalue weighted by Crippen LogP contribution is 2.22. The average molecular weight is 326 g/mol. The van der Waals surface area contributed by atoms with E-state index in [0.717, 1.165) is 48.5 Å². The summed E-state index contributed by atoms with van der Waals surface area (Å²) in [5.74, 6) is 0.0496. The maximum atomic E-state index is 11.1. The van der Waals surface area contributed by atoms with Crippen molar-refractivity contribution in [3.05, 3.63) is 35.7 Å². The summed E-state index contributed by atoms with van der Waals surface area (Å²) < 4.78 is 0. The van der Waals surface area contributed by atoms with Crippen molar-refractivity contribution in [2.45, 2.75) is 52.1 Å². The van der Waals surface area contributed by atoms with Gasteiger partial charge in [0.05, 0.1) is 22.4 Å². The number of piperidine rings is 1. The number of aromatic nitrogens is 2. The number of amides is 1. The van der Waals surface area contributed by atoms with E-state index in [2.05, 4.69) is 10.2 Å². The zero-order valence-electron chi connectivity index (χ0n) is 14.6. The second-order valence-corrected chi connectivity index (χ2v) is 6.64. The molecule has 1 fully saturated rings. The Morgan fingerprint density at radius 2 is 2.00 bits per heavy atom. The molecule has 3 rings (SSSR count). The molecule has 0 spiro atoms. The van der Waals surface area contributed by atoms with Crippen LogP contribution in [0.2, 0.25) is 0 Å². The van der Waals surface area contributed by atoms with Crippen molar-refractivity contribution < 1.29 is 4.79 Å². The minimum absolute atomic E-state index is 0.0496. The molecule has 2 aromatic rings. The number of aryl methyl sites for hydroxylation is 1. The van der Waals surface area contributed by atoms with E-state index < -0.39 is 0 Å². The van der Waals surface area contributed by atoms with Gasteiger partial charge >= 0.3 is 0 Å². The van der Waals surface area contributed by atoms with Gasteiger partial charge in [0.25, 0.3) is 0 Å². The van der Waals surface area contributed by atoms with Crippen LogP contribution < -0.4 is 5.32 Å². The second-order valence-electron chi connectivity index (χ2n) is 6.64. The fourth-order valence-electron chi connectivity index (χ4n) is 3.48. The van der Waals surface area contributed by atoms with Crippen LogP contribution in [0.4, 0.5) is 0 Å². The first-order valence-corrected chi connectivity index (χ1v) is 8.84. The molecule has 1 atom stereocenters. The topological polar surface area (TPSA) is 58.1 Å². The highest BCUT2D eigenvalue weighted by atomic mass is 16.1. The summed E-state index contributed by atoms with van der Waals surface area (Å²) in [6, 6.07) is 8.55. The number of hydrogen-bond acceptors (Lipinski definition) is 4. The number of nitrogens with zero attached hydrogens (tertiary/aromatic N) is 3. The third-order valence-corrected chi connectivity index (χ3v) is 4.80. The number of fused-ring (bicyclic) bond motifs is 1. The van der Waals surface area contributed by atoms with Crippen molar-refractivity contribution in [2.24, 2.45) is 0 Å². The van der Waals surface area contributed by atoms with Crippen LogP contribution in [0.25, 0.3) is 11.0 Å². The highest BCUT2D eigenvalue weighted by Gasteiger charge is 2.23. The van der Waals surface area contributed by atoms with Crippen LogP contribution in [0.15, 0.2) is 24.3 Å². The molecule has 0 aliphatic carbocycles. The van der Waals surface area contributed by atoms with Gasteiger partial charge in [0.15, 0.2) is 0 Å². The van der Waals surface area contributed by atoms with Gasteiger partial charge in [-0.1, -0.05) is 18.6 Å². The van der Waals surface area contributed by atoms with Crippen LogP contribution in [0.5, 0.6) is 0 Å². The van der Waals surface area contributed by atoms with Crippen LogP contribution >= 0.6 is 0 Å². The van der Waals surface area contributed by atoms with E-state index in [1.54, 1.807) is 6.92 Å². The molecule has 1 aromatic carbocycles. The molecule has 1 amide bonds. The molecule has 128 valence electrons.